The average Bonchev–Trinajstić information content (AvgIpc) is 3.23. The fraction of sp³-hybridized carbons (Fsp3) is 0.312. The Morgan fingerprint density at radius 2 is 2.04 bits per heavy atom. The van der Waals surface area contributed by atoms with Gasteiger partial charge in [-0.15, -0.1) is 0 Å². The molecule has 0 saturated carbocycles. The van der Waals surface area contributed by atoms with E-state index >= 15 is 0 Å². The highest BCUT2D eigenvalue weighted by Gasteiger charge is 2.24. The molecule has 0 bridgehead atoms. The van der Waals surface area contributed by atoms with Gasteiger partial charge in [-0.25, -0.2) is 4.68 Å². The van der Waals surface area contributed by atoms with Crippen molar-refractivity contribution in [3.63, 3.8) is 0 Å². The molecule has 2 amide bonds. The van der Waals surface area contributed by atoms with Crippen molar-refractivity contribution in [2.75, 3.05) is 6.61 Å². The third kappa shape index (κ3) is 3.40. The smallest absolute Gasteiger partial charge is 0.290 e. The number of benzene rings is 1. The first kappa shape index (κ1) is 15.2. The predicted molar refractivity (Wildman–Crippen MR) is 82.9 cm³/mol. The second-order valence-electron chi connectivity index (χ2n) is 5.36. The summed E-state index contributed by atoms with van der Waals surface area (Å²) in [5.74, 6) is -0.802. The number of carbonyl (C=O) groups excluding carboxylic acids is 2. The molecule has 0 aliphatic carbocycles. The molecule has 1 aromatic carbocycles. The molecule has 7 nitrogen and oxygen atoms in total. The number of hydrazine groups is 1. The Labute approximate surface area is 133 Å². The zero-order chi connectivity index (χ0) is 16.2. The summed E-state index contributed by atoms with van der Waals surface area (Å²) in [6, 6.07) is 11.2. The minimum Gasteiger partial charge on any atom is -0.368 e. The standard InChI is InChI=1S/C16H18N4O3/c1-11-10-13(19-20(11)12-6-3-2-4-7-12)15(21)17-18-16(22)14-8-5-9-23-14/h2-4,6-7,10,14H,5,8-9H2,1H3,(H,17,21)(H,18,22)/t14-/m0/s1. The number of aromatic nitrogens is 2. The Morgan fingerprint density at radius 1 is 1.26 bits per heavy atom. The summed E-state index contributed by atoms with van der Waals surface area (Å²) in [5.41, 5.74) is 6.68. The SMILES string of the molecule is Cc1cc(C(=O)NNC(=O)[C@@H]2CCCO2)nn1-c1ccccc1. The van der Waals surface area contributed by atoms with Gasteiger partial charge in [0.1, 0.15) is 6.10 Å². The fourth-order valence-electron chi connectivity index (χ4n) is 2.46. The second-order valence-corrected chi connectivity index (χ2v) is 5.36. The fourth-order valence-corrected chi connectivity index (χ4v) is 2.46. The molecule has 0 radical (unpaired) electrons. The molecule has 2 heterocycles. The van der Waals surface area contributed by atoms with Crippen LogP contribution in [0.25, 0.3) is 5.69 Å². The van der Waals surface area contributed by atoms with Gasteiger partial charge in [0, 0.05) is 12.3 Å². The van der Waals surface area contributed by atoms with Crippen molar-refractivity contribution in [1.29, 1.82) is 0 Å². The first-order valence-electron chi connectivity index (χ1n) is 7.49. The highest BCUT2D eigenvalue weighted by Crippen LogP contribution is 2.12. The van der Waals surface area contributed by atoms with Crippen LogP contribution < -0.4 is 10.9 Å². The number of ether oxygens (including phenoxy) is 1. The molecule has 1 aliphatic rings. The number of aryl methyl sites for hydroxylation is 1. The summed E-state index contributed by atoms with van der Waals surface area (Å²) in [4.78, 5) is 23.9. The van der Waals surface area contributed by atoms with Crippen molar-refractivity contribution in [2.45, 2.75) is 25.9 Å². The summed E-state index contributed by atoms with van der Waals surface area (Å²) in [7, 11) is 0. The van der Waals surface area contributed by atoms with Gasteiger partial charge in [0.05, 0.1) is 5.69 Å². The maximum atomic E-state index is 12.1. The number of rotatable bonds is 3. The minimum absolute atomic E-state index is 0.235. The molecular formula is C16H18N4O3. The summed E-state index contributed by atoms with van der Waals surface area (Å²) in [6.45, 7) is 2.44. The van der Waals surface area contributed by atoms with E-state index in [0.717, 1.165) is 17.8 Å². The normalized spacial score (nSPS) is 17.0. The lowest BCUT2D eigenvalue weighted by atomic mass is 10.2. The number of para-hydroxylation sites is 1. The van der Waals surface area contributed by atoms with E-state index in [1.54, 1.807) is 10.7 Å². The van der Waals surface area contributed by atoms with Gasteiger partial charge < -0.3 is 4.74 Å². The Morgan fingerprint density at radius 3 is 2.74 bits per heavy atom. The van der Waals surface area contributed by atoms with Crippen LogP contribution in [0.1, 0.15) is 29.0 Å². The maximum absolute atomic E-state index is 12.1. The van der Waals surface area contributed by atoms with Gasteiger partial charge in [0.15, 0.2) is 5.69 Å². The molecule has 1 fully saturated rings. The Hall–Kier alpha value is -2.67. The van der Waals surface area contributed by atoms with Gasteiger partial charge in [0.2, 0.25) is 0 Å². The monoisotopic (exact) mass is 314 g/mol. The van der Waals surface area contributed by atoms with Gasteiger partial charge in [0.25, 0.3) is 11.8 Å². The molecule has 1 saturated heterocycles. The van der Waals surface area contributed by atoms with Gasteiger partial charge in [-0.3, -0.25) is 20.4 Å². The van der Waals surface area contributed by atoms with Crippen LogP contribution in [0.2, 0.25) is 0 Å². The molecule has 1 aliphatic heterocycles. The van der Waals surface area contributed by atoms with Gasteiger partial charge in [-0.1, -0.05) is 18.2 Å². The van der Waals surface area contributed by atoms with Crippen LogP contribution in [0.3, 0.4) is 0 Å². The molecule has 23 heavy (non-hydrogen) atoms. The molecule has 3 rings (SSSR count). The highest BCUT2D eigenvalue weighted by molar-refractivity contribution is 5.94. The van der Waals surface area contributed by atoms with Crippen LogP contribution in [-0.2, 0) is 9.53 Å². The summed E-state index contributed by atoms with van der Waals surface area (Å²) < 4.78 is 6.93. The number of nitrogens with one attached hydrogen (secondary N) is 2. The molecule has 120 valence electrons. The number of carbonyl (C=O) groups is 2. The first-order chi connectivity index (χ1) is 11.1. The van der Waals surface area contributed by atoms with Crippen LogP contribution in [-0.4, -0.2) is 34.3 Å². The third-order valence-corrected chi connectivity index (χ3v) is 3.64. The van der Waals surface area contributed by atoms with Crippen LogP contribution in [0.4, 0.5) is 0 Å². The first-order valence-corrected chi connectivity index (χ1v) is 7.49. The quantitative estimate of drug-likeness (QED) is 0.832. The number of amides is 2. The van der Waals surface area contributed by atoms with E-state index in [1.165, 1.54) is 0 Å². The lowest BCUT2D eigenvalue weighted by molar-refractivity contribution is -0.130. The second kappa shape index (κ2) is 6.62. The van der Waals surface area contributed by atoms with E-state index in [1.807, 2.05) is 37.3 Å². The molecular weight excluding hydrogens is 296 g/mol. The predicted octanol–water partition coefficient (Wildman–Crippen LogP) is 1.12. The van der Waals surface area contributed by atoms with Crippen LogP contribution in [0.5, 0.6) is 0 Å². The van der Waals surface area contributed by atoms with E-state index < -0.39 is 12.0 Å². The number of hydrogen-bond acceptors (Lipinski definition) is 4. The summed E-state index contributed by atoms with van der Waals surface area (Å²) in [6.07, 6.45) is 1.04. The largest absolute Gasteiger partial charge is 0.368 e. The zero-order valence-electron chi connectivity index (χ0n) is 12.8. The highest BCUT2D eigenvalue weighted by atomic mass is 16.5. The van der Waals surface area contributed by atoms with Gasteiger partial charge in [-0.05, 0) is 38.0 Å². The Balaban J connectivity index is 1.65. The number of nitrogens with zero attached hydrogens (tertiary/aromatic N) is 2. The van der Waals surface area contributed by atoms with Gasteiger partial charge >= 0.3 is 0 Å². The Kier molecular flexibility index (Phi) is 4.38. The lowest BCUT2D eigenvalue weighted by Gasteiger charge is -2.10. The summed E-state index contributed by atoms with van der Waals surface area (Å²) in [5, 5.41) is 4.28. The minimum atomic E-state index is -0.487. The molecule has 2 aromatic rings. The topological polar surface area (TPSA) is 85.2 Å². The van der Waals surface area contributed by atoms with Crippen LogP contribution in [0.15, 0.2) is 36.4 Å². The number of hydrogen-bond donors (Lipinski definition) is 2. The third-order valence-electron chi connectivity index (χ3n) is 3.64. The van der Waals surface area contributed by atoms with E-state index in [0.29, 0.717) is 13.0 Å². The molecule has 1 atom stereocenters. The van der Waals surface area contributed by atoms with E-state index in [4.69, 9.17) is 4.74 Å². The molecule has 1 aromatic heterocycles. The van der Waals surface area contributed by atoms with Crippen molar-refractivity contribution in [3.8, 4) is 5.69 Å². The molecule has 0 spiro atoms. The Bertz CT molecular complexity index is 705. The average molecular weight is 314 g/mol. The van der Waals surface area contributed by atoms with Crippen molar-refractivity contribution in [2.24, 2.45) is 0 Å². The van der Waals surface area contributed by atoms with Gasteiger partial charge in [-0.2, -0.15) is 5.10 Å². The van der Waals surface area contributed by atoms with Crippen molar-refractivity contribution in [3.05, 3.63) is 47.8 Å². The van der Waals surface area contributed by atoms with E-state index in [2.05, 4.69) is 16.0 Å². The zero-order valence-corrected chi connectivity index (χ0v) is 12.8. The molecule has 2 N–H and O–H groups in total. The van der Waals surface area contributed by atoms with Crippen LogP contribution in [0, 0.1) is 6.92 Å². The summed E-state index contributed by atoms with van der Waals surface area (Å²) >= 11 is 0. The van der Waals surface area contributed by atoms with E-state index in [9.17, 15) is 9.59 Å². The maximum Gasteiger partial charge on any atom is 0.290 e. The molecule has 7 heteroatoms. The lowest BCUT2D eigenvalue weighted by Crippen LogP contribution is -2.46. The van der Waals surface area contributed by atoms with Crippen LogP contribution >= 0.6 is 0 Å². The van der Waals surface area contributed by atoms with Crippen molar-refractivity contribution >= 4 is 11.8 Å². The van der Waals surface area contributed by atoms with Crippen molar-refractivity contribution in [1.82, 2.24) is 20.6 Å². The van der Waals surface area contributed by atoms with Crippen molar-refractivity contribution < 1.29 is 14.3 Å². The van der Waals surface area contributed by atoms with E-state index in [-0.39, 0.29) is 11.6 Å². The molecule has 0 unspecified atom stereocenters.